The summed E-state index contributed by atoms with van der Waals surface area (Å²) in [6, 6.07) is -0.677. The standard InChI is InChI=1S/C25H37BrN2O5S/c1-6-8-14-33-23(32)17-18-21(30)27(12-9-10-13-29)20(25(18)15-16(26)19(17)34-25)22(31)28(11-7-2)24(3,4)5/h6-7,16-20,29H,1-2,8-15H2,3-5H3/t16?,17-,18-,19-,20?,25?/m0/s1. The number of esters is 1. The maximum absolute atomic E-state index is 14.2. The quantitative estimate of drug-likeness (QED) is 0.182. The summed E-state index contributed by atoms with van der Waals surface area (Å²) in [6.45, 7) is 14.4. The first kappa shape index (κ1) is 27.3. The summed E-state index contributed by atoms with van der Waals surface area (Å²) in [7, 11) is 0. The van der Waals surface area contributed by atoms with Crippen LogP contribution in [0.1, 0.15) is 46.5 Å². The molecule has 3 rings (SSSR count). The van der Waals surface area contributed by atoms with Crippen LogP contribution in [-0.2, 0) is 19.1 Å². The molecule has 190 valence electrons. The first-order chi connectivity index (χ1) is 16.0. The van der Waals surface area contributed by atoms with E-state index in [0.717, 1.165) is 0 Å². The van der Waals surface area contributed by atoms with E-state index >= 15 is 0 Å². The molecular formula is C25H37BrN2O5S. The van der Waals surface area contributed by atoms with Gasteiger partial charge in [-0.1, -0.05) is 28.1 Å². The van der Waals surface area contributed by atoms with E-state index in [1.165, 1.54) is 0 Å². The molecule has 2 bridgehead atoms. The lowest BCUT2D eigenvalue weighted by Gasteiger charge is -2.42. The fourth-order valence-corrected chi connectivity index (χ4v) is 9.22. The fourth-order valence-electron chi connectivity index (χ4n) is 5.62. The van der Waals surface area contributed by atoms with Gasteiger partial charge >= 0.3 is 5.97 Å². The molecule has 3 unspecified atom stereocenters. The zero-order valence-corrected chi connectivity index (χ0v) is 22.8. The Kier molecular flexibility index (Phi) is 8.62. The number of aliphatic hydroxyl groups is 1. The Hall–Kier alpha value is -1.32. The van der Waals surface area contributed by atoms with Crippen LogP contribution in [0.5, 0.6) is 0 Å². The Labute approximate surface area is 215 Å². The highest BCUT2D eigenvalue weighted by Gasteiger charge is 2.76. The molecule has 3 heterocycles. The zero-order chi connectivity index (χ0) is 25.3. The zero-order valence-electron chi connectivity index (χ0n) is 20.4. The minimum Gasteiger partial charge on any atom is -0.465 e. The van der Waals surface area contributed by atoms with Crippen molar-refractivity contribution in [2.24, 2.45) is 11.8 Å². The number of aliphatic hydroxyl groups excluding tert-OH is 1. The monoisotopic (exact) mass is 556 g/mol. The summed E-state index contributed by atoms with van der Waals surface area (Å²) in [5.41, 5.74) is -0.460. The molecule has 3 saturated heterocycles. The van der Waals surface area contributed by atoms with Gasteiger partial charge in [0.05, 0.1) is 23.2 Å². The number of carbonyl (C=O) groups is 3. The molecule has 0 aromatic heterocycles. The molecule has 2 amide bonds. The van der Waals surface area contributed by atoms with E-state index in [0.29, 0.717) is 38.8 Å². The van der Waals surface area contributed by atoms with Gasteiger partial charge in [-0.3, -0.25) is 14.4 Å². The van der Waals surface area contributed by atoms with E-state index in [1.807, 2.05) is 20.8 Å². The van der Waals surface area contributed by atoms with Crippen molar-refractivity contribution in [1.29, 1.82) is 0 Å². The van der Waals surface area contributed by atoms with Gasteiger partial charge in [0.25, 0.3) is 0 Å². The Morgan fingerprint density at radius 3 is 2.62 bits per heavy atom. The first-order valence-electron chi connectivity index (χ1n) is 12.0. The van der Waals surface area contributed by atoms with E-state index in [2.05, 4.69) is 29.1 Å². The number of hydrogen-bond donors (Lipinski definition) is 1. The fraction of sp³-hybridized carbons (Fsp3) is 0.720. The summed E-state index contributed by atoms with van der Waals surface area (Å²) < 4.78 is 4.84. The molecule has 1 spiro atoms. The highest BCUT2D eigenvalue weighted by Crippen LogP contribution is 2.68. The summed E-state index contributed by atoms with van der Waals surface area (Å²) in [5.74, 6) is -1.82. The van der Waals surface area contributed by atoms with Crippen molar-refractivity contribution >= 4 is 45.5 Å². The van der Waals surface area contributed by atoms with Crippen molar-refractivity contribution in [3.63, 3.8) is 0 Å². The number of likely N-dealkylation sites (tertiary alicyclic amines) is 1. The molecule has 0 saturated carbocycles. The van der Waals surface area contributed by atoms with E-state index in [4.69, 9.17) is 4.74 Å². The Bertz CT molecular complexity index is 831. The number of unbranched alkanes of at least 4 members (excludes halogenated alkanes) is 1. The van der Waals surface area contributed by atoms with Crippen molar-refractivity contribution in [2.45, 2.75) is 72.9 Å². The number of rotatable bonds is 11. The van der Waals surface area contributed by atoms with Gasteiger partial charge < -0.3 is 19.6 Å². The number of hydrogen-bond acceptors (Lipinski definition) is 6. The van der Waals surface area contributed by atoms with Gasteiger partial charge in [0.15, 0.2) is 0 Å². The predicted octanol–water partition coefficient (Wildman–Crippen LogP) is 3.16. The minimum atomic E-state index is -0.695. The first-order valence-corrected chi connectivity index (χ1v) is 13.8. The molecule has 3 aliphatic heterocycles. The SMILES string of the molecule is C=CCCOC(=O)[C@H]1[C@H]2C(=O)N(CCCCO)C(C(=O)N(CC=C)C(C)(C)C)C23CC(Br)[C@@H]1S3. The highest BCUT2D eigenvalue weighted by molar-refractivity contribution is 9.09. The van der Waals surface area contributed by atoms with Crippen molar-refractivity contribution in [3.05, 3.63) is 25.3 Å². The number of alkyl halides is 1. The average Bonchev–Trinajstić information content (AvgIpc) is 3.35. The molecule has 3 fully saturated rings. The average molecular weight is 558 g/mol. The van der Waals surface area contributed by atoms with Crippen molar-refractivity contribution in [3.8, 4) is 0 Å². The number of ether oxygens (including phenoxy) is 1. The molecule has 3 aliphatic rings. The number of halogens is 1. The summed E-state index contributed by atoms with van der Waals surface area (Å²) in [6.07, 6.45) is 5.71. The molecule has 34 heavy (non-hydrogen) atoms. The second-order valence-electron chi connectivity index (χ2n) is 10.3. The minimum absolute atomic E-state index is 0.00804. The van der Waals surface area contributed by atoms with E-state index in [-0.39, 0.29) is 41.1 Å². The Morgan fingerprint density at radius 2 is 2.03 bits per heavy atom. The van der Waals surface area contributed by atoms with Gasteiger partial charge in [-0.15, -0.1) is 24.9 Å². The topological polar surface area (TPSA) is 87.1 Å². The molecule has 1 N–H and O–H groups in total. The second-order valence-corrected chi connectivity index (χ2v) is 13.0. The van der Waals surface area contributed by atoms with Gasteiger partial charge in [0, 0.05) is 35.3 Å². The van der Waals surface area contributed by atoms with Crippen molar-refractivity contribution in [2.75, 3.05) is 26.3 Å². The van der Waals surface area contributed by atoms with Gasteiger partial charge in [-0.05, 0) is 46.5 Å². The van der Waals surface area contributed by atoms with Crippen LogP contribution < -0.4 is 0 Å². The van der Waals surface area contributed by atoms with Crippen molar-refractivity contribution in [1.82, 2.24) is 9.80 Å². The molecule has 0 radical (unpaired) electrons. The summed E-state index contributed by atoms with van der Waals surface area (Å²) >= 11 is 5.37. The number of fused-ring (bicyclic) bond motifs is 1. The van der Waals surface area contributed by atoms with Crippen LogP contribution in [0.3, 0.4) is 0 Å². The van der Waals surface area contributed by atoms with Crippen LogP contribution in [0.2, 0.25) is 0 Å². The van der Waals surface area contributed by atoms with Gasteiger partial charge in [-0.25, -0.2) is 0 Å². The third kappa shape index (κ3) is 4.72. The second kappa shape index (κ2) is 10.7. The van der Waals surface area contributed by atoms with Crippen molar-refractivity contribution < 1.29 is 24.2 Å². The molecule has 9 heteroatoms. The number of carbonyl (C=O) groups excluding carboxylic acids is 3. The molecular weight excluding hydrogens is 520 g/mol. The molecule has 6 atom stereocenters. The van der Waals surface area contributed by atoms with E-state index in [9.17, 15) is 19.5 Å². The van der Waals surface area contributed by atoms with Crippen LogP contribution in [0, 0.1) is 11.8 Å². The number of thioether (sulfide) groups is 1. The van der Waals surface area contributed by atoms with Crippen LogP contribution >= 0.6 is 27.7 Å². The van der Waals surface area contributed by atoms with Gasteiger partial charge in [-0.2, -0.15) is 0 Å². The predicted molar refractivity (Wildman–Crippen MR) is 138 cm³/mol. The maximum Gasteiger partial charge on any atom is 0.310 e. The Balaban J connectivity index is 2.02. The lowest BCUT2D eigenvalue weighted by atomic mass is 9.71. The molecule has 7 nitrogen and oxygen atoms in total. The normalized spacial score (nSPS) is 32.0. The smallest absolute Gasteiger partial charge is 0.310 e. The largest absolute Gasteiger partial charge is 0.465 e. The van der Waals surface area contributed by atoms with Gasteiger partial charge in [0.1, 0.15) is 6.04 Å². The van der Waals surface area contributed by atoms with Crippen LogP contribution in [0.4, 0.5) is 0 Å². The molecule has 0 aromatic carbocycles. The van der Waals surface area contributed by atoms with E-state index in [1.54, 1.807) is 33.7 Å². The summed E-state index contributed by atoms with van der Waals surface area (Å²) in [4.78, 5) is 44.7. The number of nitrogens with zero attached hydrogens (tertiary/aromatic N) is 2. The third-order valence-corrected chi connectivity index (χ3v) is 10.3. The van der Waals surface area contributed by atoms with Crippen LogP contribution in [0.25, 0.3) is 0 Å². The number of amides is 2. The lowest BCUT2D eigenvalue weighted by molar-refractivity contribution is -0.154. The maximum atomic E-state index is 14.2. The molecule has 0 aliphatic carbocycles. The van der Waals surface area contributed by atoms with Gasteiger partial charge in [0.2, 0.25) is 11.8 Å². The highest BCUT2D eigenvalue weighted by atomic mass is 79.9. The third-order valence-electron chi connectivity index (χ3n) is 7.06. The van der Waals surface area contributed by atoms with Crippen LogP contribution in [-0.4, -0.2) is 85.4 Å². The lowest BCUT2D eigenvalue weighted by Crippen LogP contribution is -2.59. The summed E-state index contributed by atoms with van der Waals surface area (Å²) in [5, 5.41) is 9.17. The van der Waals surface area contributed by atoms with Crippen LogP contribution in [0.15, 0.2) is 25.3 Å². The molecule has 0 aromatic rings. The Morgan fingerprint density at radius 1 is 1.32 bits per heavy atom. The van der Waals surface area contributed by atoms with E-state index < -0.39 is 28.2 Å².